The van der Waals surface area contributed by atoms with Gasteiger partial charge in [-0.2, -0.15) is 0 Å². The number of carbonyl (C=O) groups is 1. The highest BCUT2D eigenvalue weighted by atomic mass is 16.4. The van der Waals surface area contributed by atoms with Gasteiger partial charge in [-0.1, -0.05) is 0 Å². The van der Waals surface area contributed by atoms with Gasteiger partial charge in [-0.05, 0) is 18.2 Å². The highest BCUT2D eigenvalue weighted by Gasteiger charge is 2.06. The fourth-order valence-corrected chi connectivity index (χ4v) is 1.52. The first-order chi connectivity index (χ1) is 7.66. The molecule has 1 aromatic carbocycles. The smallest absolute Gasteiger partial charge is 0.303 e. The molecule has 2 N–H and O–H groups in total. The number of carboxylic acids is 1. The van der Waals surface area contributed by atoms with E-state index in [1.807, 2.05) is 0 Å². The molecule has 1 heterocycles. The van der Waals surface area contributed by atoms with Gasteiger partial charge in [0.1, 0.15) is 12.1 Å². The van der Waals surface area contributed by atoms with Crippen LogP contribution in [0, 0.1) is 0 Å². The predicted molar refractivity (Wildman–Crippen MR) is 57.2 cm³/mol. The average Bonchev–Trinajstić information content (AvgIpc) is 2.26. The largest absolute Gasteiger partial charge is 0.508 e. The number of hydrogen-bond donors (Lipinski definition) is 2. The molecule has 0 atom stereocenters. The van der Waals surface area contributed by atoms with Crippen LogP contribution < -0.4 is 0 Å². The van der Waals surface area contributed by atoms with E-state index in [4.69, 9.17) is 5.11 Å². The third-order valence-electron chi connectivity index (χ3n) is 2.28. The van der Waals surface area contributed by atoms with Crippen LogP contribution in [0.3, 0.4) is 0 Å². The van der Waals surface area contributed by atoms with E-state index in [1.165, 1.54) is 12.4 Å². The Morgan fingerprint density at radius 1 is 1.31 bits per heavy atom. The standard InChI is InChI=1S/C11H10N2O3/c14-7-1-2-9-8(5-7)10(13-6-12-9)3-4-11(15)16/h1-2,5-6,14H,3-4H2,(H,15,16). The van der Waals surface area contributed by atoms with Gasteiger partial charge in [0, 0.05) is 11.8 Å². The number of aliphatic carboxylic acids is 1. The number of aromatic hydroxyl groups is 1. The summed E-state index contributed by atoms with van der Waals surface area (Å²) in [7, 11) is 0. The minimum Gasteiger partial charge on any atom is -0.508 e. The fraction of sp³-hybridized carbons (Fsp3) is 0.182. The zero-order chi connectivity index (χ0) is 11.5. The van der Waals surface area contributed by atoms with Crippen LogP contribution in [0.5, 0.6) is 5.75 Å². The van der Waals surface area contributed by atoms with Gasteiger partial charge in [0.05, 0.1) is 17.6 Å². The van der Waals surface area contributed by atoms with Gasteiger partial charge in [0.15, 0.2) is 0 Å². The normalized spacial score (nSPS) is 10.5. The molecule has 0 saturated heterocycles. The van der Waals surface area contributed by atoms with E-state index < -0.39 is 5.97 Å². The quantitative estimate of drug-likeness (QED) is 0.812. The molecule has 2 aromatic rings. The maximum absolute atomic E-state index is 10.5. The van der Waals surface area contributed by atoms with Gasteiger partial charge in [-0.3, -0.25) is 4.79 Å². The molecule has 0 aliphatic rings. The van der Waals surface area contributed by atoms with E-state index in [1.54, 1.807) is 12.1 Å². The molecular weight excluding hydrogens is 208 g/mol. The van der Waals surface area contributed by atoms with Crippen LogP contribution >= 0.6 is 0 Å². The summed E-state index contributed by atoms with van der Waals surface area (Å²) in [5.74, 6) is -0.745. The molecule has 0 aliphatic carbocycles. The van der Waals surface area contributed by atoms with Crippen LogP contribution in [0.2, 0.25) is 0 Å². The molecule has 16 heavy (non-hydrogen) atoms. The van der Waals surface area contributed by atoms with Crippen molar-refractivity contribution in [3.05, 3.63) is 30.2 Å². The predicted octanol–water partition coefficient (Wildman–Crippen LogP) is 1.35. The van der Waals surface area contributed by atoms with Crippen molar-refractivity contribution in [3.8, 4) is 5.75 Å². The molecule has 0 saturated carbocycles. The number of aromatic nitrogens is 2. The number of rotatable bonds is 3. The summed E-state index contributed by atoms with van der Waals surface area (Å²) in [6, 6.07) is 4.76. The summed E-state index contributed by atoms with van der Waals surface area (Å²) in [6.45, 7) is 0. The lowest BCUT2D eigenvalue weighted by atomic mass is 10.1. The van der Waals surface area contributed by atoms with Crippen molar-refractivity contribution >= 4 is 16.9 Å². The zero-order valence-corrected chi connectivity index (χ0v) is 8.42. The minimum atomic E-state index is -0.869. The van der Waals surface area contributed by atoms with Crippen molar-refractivity contribution in [1.82, 2.24) is 9.97 Å². The van der Waals surface area contributed by atoms with Crippen molar-refractivity contribution in [3.63, 3.8) is 0 Å². The summed E-state index contributed by atoms with van der Waals surface area (Å²) >= 11 is 0. The molecule has 0 unspecified atom stereocenters. The third kappa shape index (κ3) is 2.08. The SMILES string of the molecule is O=C(O)CCc1ncnc2ccc(O)cc12. The van der Waals surface area contributed by atoms with Gasteiger partial charge in [0.25, 0.3) is 0 Å². The third-order valence-corrected chi connectivity index (χ3v) is 2.28. The van der Waals surface area contributed by atoms with Gasteiger partial charge >= 0.3 is 5.97 Å². The number of carboxylic acid groups (broad SMARTS) is 1. The molecule has 0 bridgehead atoms. The average molecular weight is 218 g/mol. The second-order valence-electron chi connectivity index (χ2n) is 3.42. The maximum atomic E-state index is 10.5. The van der Waals surface area contributed by atoms with Crippen molar-refractivity contribution in [1.29, 1.82) is 0 Å². The Kier molecular flexibility index (Phi) is 2.68. The van der Waals surface area contributed by atoms with Crippen molar-refractivity contribution < 1.29 is 15.0 Å². The minimum absolute atomic E-state index is 0.0156. The Labute approximate surface area is 91.4 Å². The Hall–Kier alpha value is -2.17. The molecule has 2 rings (SSSR count). The molecule has 0 radical (unpaired) electrons. The monoisotopic (exact) mass is 218 g/mol. The van der Waals surface area contributed by atoms with Crippen LogP contribution in [-0.2, 0) is 11.2 Å². The van der Waals surface area contributed by atoms with Crippen LogP contribution in [0.25, 0.3) is 10.9 Å². The van der Waals surface area contributed by atoms with Crippen LogP contribution in [0.15, 0.2) is 24.5 Å². The Morgan fingerprint density at radius 2 is 2.12 bits per heavy atom. The fourth-order valence-electron chi connectivity index (χ4n) is 1.52. The van der Waals surface area contributed by atoms with Crippen molar-refractivity contribution in [2.24, 2.45) is 0 Å². The highest BCUT2D eigenvalue weighted by molar-refractivity contribution is 5.82. The van der Waals surface area contributed by atoms with E-state index in [9.17, 15) is 9.90 Å². The number of phenols is 1. The van der Waals surface area contributed by atoms with Gasteiger partial charge in [-0.15, -0.1) is 0 Å². The number of fused-ring (bicyclic) bond motifs is 1. The molecule has 82 valence electrons. The first-order valence-corrected chi connectivity index (χ1v) is 4.81. The molecule has 0 spiro atoms. The topological polar surface area (TPSA) is 83.3 Å². The Morgan fingerprint density at radius 3 is 2.88 bits per heavy atom. The van der Waals surface area contributed by atoms with E-state index in [2.05, 4.69) is 9.97 Å². The Balaban J connectivity index is 2.43. The number of nitrogens with zero attached hydrogens (tertiary/aromatic N) is 2. The van der Waals surface area contributed by atoms with E-state index >= 15 is 0 Å². The molecule has 1 aromatic heterocycles. The summed E-state index contributed by atoms with van der Waals surface area (Å²) in [4.78, 5) is 18.6. The van der Waals surface area contributed by atoms with Crippen LogP contribution in [0.4, 0.5) is 0 Å². The summed E-state index contributed by atoms with van der Waals surface area (Å²) < 4.78 is 0. The lowest BCUT2D eigenvalue weighted by molar-refractivity contribution is -0.136. The molecule has 0 aliphatic heterocycles. The van der Waals surface area contributed by atoms with Crippen molar-refractivity contribution in [2.75, 3.05) is 0 Å². The number of aryl methyl sites for hydroxylation is 1. The molecule has 0 amide bonds. The highest BCUT2D eigenvalue weighted by Crippen LogP contribution is 2.20. The number of hydrogen-bond acceptors (Lipinski definition) is 4. The molecule has 5 heteroatoms. The Bertz CT molecular complexity index is 540. The summed E-state index contributed by atoms with van der Waals surface area (Å²) in [5, 5.41) is 18.7. The summed E-state index contributed by atoms with van der Waals surface area (Å²) in [5.41, 5.74) is 1.34. The lowest BCUT2D eigenvalue weighted by Gasteiger charge is -2.03. The second-order valence-corrected chi connectivity index (χ2v) is 3.42. The number of phenolic OH excluding ortho intramolecular Hbond substituents is 1. The van der Waals surface area contributed by atoms with E-state index in [0.717, 1.165) is 0 Å². The second kappa shape index (κ2) is 4.14. The van der Waals surface area contributed by atoms with Gasteiger partial charge in [0.2, 0.25) is 0 Å². The maximum Gasteiger partial charge on any atom is 0.303 e. The van der Waals surface area contributed by atoms with Crippen LogP contribution in [0.1, 0.15) is 12.1 Å². The summed E-state index contributed by atoms with van der Waals surface area (Å²) in [6.07, 6.45) is 1.75. The van der Waals surface area contributed by atoms with E-state index in [0.29, 0.717) is 23.0 Å². The lowest BCUT2D eigenvalue weighted by Crippen LogP contribution is -2.00. The van der Waals surface area contributed by atoms with Crippen LogP contribution in [-0.4, -0.2) is 26.2 Å². The molecule has 0 fully saturated rings. The van der Waals surface area contributed by atoms with Gasteiger partial charge < -0.3 is 10.2 Å². The number of benzene rings is 1. The first kappa shape index (κ1) is 10.4. The van der Waals surface area contributed by atoms with Crippen molar-refractivity contribution in [2.45, 2.75) is 12.8 Å². The molecule has 5 nitrogen and oxygen atoms in total. The van der Waals surface area contributed by atoms with Gasteiger partial charge in [-0.25, -0.2) is 9.97 Å². The molecular formula is C11H10N2O3. The first-order valence-electron chi connectivity index (χ1n) is 4.81. The van der Waals surface area contributed by atoms with E-state index in [-0.39, 0.29) is 12.2 Å². The zero-order valence-electron chi connectivity index (χ0n) is 8.42.